The van der Waals surface area contributed by atoms with E-state index in [-0.39, 0.29) is 17.9 Å². The molecule has 5 rings (SSSR count). The van der Waals surface area contributed by atoms with Crippen molar-refractivity contribution in [3.63, 3.8) is 0 Å². The number of amides is 2. The number of ether oxygens (including phenoxy) is 1. The van der Waals surface area contributed by atoms with Gasteiger partial charge >= 0.3 is 0 Å². The van der Waals surface area contributed by atoms with Gasteiger partial charge in [0.25, 0.3) is 11.8 Å². The van der Waals surface area contributed by atoms with Crippen LogP contribution in [0.5, 0.6) is 5.75 Å². The van der Waals surface area contributed by atoms with E-state index in [1.165, 1.54) is 11.8 Å². The molecule has 2 amide bonds. The summed E-state index contributed by atoms with van der Waals surface area (Å²) in [6.07, 6.45) is 3.54. The summed E-state index contributed by atoms with van der Waals surface area (Å²) in [4.78, 5) is 32.7. The molecule has 7 heteroatoms. The van der Waals surface area contributed by atoms with E-state index in [0.29, 0.717) is 31.1 Å². The Balaban J connectivity index is 1.39. The Kier molecular flexibility index (Phi) is 7.65. The van der Waals surface area contributed by atoms with Crippen LogP contribution in [0.15, 0.2) is 77.9 Å². The highest BCUT2D eigenvalue weighted by Gasteiger charge is 2.34. The van der Waals surface area contributed by atoms with Crippen molar-refractivity contribution in [1.29, 1.82) is 0 Å². The van der Waals surface area contributed by atoms with Crippen LogP contribution >= 0.6 is 0 Å². The van der Waals surface area contributed by atoms with Gasteiger partial charge in [-0.2, -0.15) is 0 Å². The topological polar surface area (TPSA) is 66.2 Å². The van der Waals surface area contributed by atoms with Crippen LogP contribution in [0, 0.1) is 6.92 Å². The zero-order valence-electron chi connectivity index (χ0n) is 22.1. The summed E-state index contributed by atoms with van der Waals surface area (Å²) >= 11 is 0. The highest BCUT2D eigenvalue weighted by Crippen LogP contribution is 2.38. The third kappa shape index (κ3) is 5.38. The van der Waals surface area contributed by atoms with Crippen LogP contribution in [-0.4, -0.2) is 71.9 Å². The smallest absolute Gasteiger partial charge is 0.290 e. The zero-order chi connectivity index (χ0) is 26.6. The second kappa shape index (κ2) is 11.3. The van der Waals surface area contributed by atoms with Gasteiger partial charge in [0.05, 0.1) is 12.3 Å². The Morgan fingerprint density at radius 2 is 1.89 bits per heavy atom. The Hall–Kier alpha value is -3.84. The Bertz CT molecular complexity index is 1290. The van der Waals surface area contributed by atoms with Crippen molar-refractivity contribution >= 4 is 11.8 Å². The SMILES string of the molecule is C=CCN1CCN(C(=O)[C@H](C)Oc2ccc3c(c2)[C@H](c2cccc(C)c2)N(C(=O)c2ccco2)CC3)CC1. The number of hydrogen-bond donors (Lipinski definition) is 0. The monoisotopic (exact) mass is 513 g/mol. The van der Waals surface area contributed by atoms with E-state index in [1.807, 2.05) is 41.0 Å². The number of carbonyl (C=O) groups is 2. The predicted octanol–water partition coefficient (Wildman–Crippen LogP) is 4.47. The van der Waals surface area contributed by atoms with Gasteiger partial charge in [-0.05, 0) is 61.2 Å². The predicted molar refractivity (Wildman–Crippen MR) is 146 cm³/mol. The van der Waals surface area contributed by atoms with Crippen LogP contribution in [0.2, 0.25) is 0 Å². The number of nitrogens with zero attached hydrogens (tertiary/aromatic N) is 3. The molecule has 2 aliphatic heterocycles. The molecule has 3 aromatic rings. The van der Waals surface area contributed by atoms with Gasteiger partial charge in [-0.25, -0.2) is 0 Å². The minimum atomic E-state index is -0.610. The summed E-state index contributed by atoms with van der Waals surface area (Å²) in [5.74, 6) is 0.800. The van der Waals surface area contributed by atoms with E-state index in [2.05, 4.69) is 42.7 Å². The van der Waals surface area contributed by atoms with Gasteiger partial charge in [-0.15, -0.1) is 6.58 Å². The molecule has 2 aliphatic rings. The molecule has 0 N–H and O–H groups in total. The van der Waals surface area contributed by atoms with Gasteiger partial charge in [0.2, 0.25) is 0 Å². The number of furan rings is 1. The van der Waals surface area contributed by atoms with E-state index >= 15 is 0 Å². The number of fused-ring (bicyclic) bond motifs is 1. The third-order valence-corrected chi connectivity index (χ3v) is 7.43. The minimum absolute atomic E-state index is 0.00849. The fraction of sp³-hybridized carbons (Fsp3) is 0.355. The van der Waals surface area contributed by atoms with E-state index < -0.39 is 6.10 Å². The molecule has 1 fully saturated rings. The molecule has 0 aliphatic carbocycles. The molecule has 0 radical (unpaired) electrons. The molecule has 198 valence electrons. The first kappa shape index (κ1) is 25.8. The van der Waals surface area contributed by atoms with Crippen molar-refractivity contribution in [2.45, 2.75) is 32.4 Å². The first-order valence-electron chi connectivity index (χ1n) is 13.3. The number of hydrogen-bond acceptors (Lipinski definition) is 5. The molecule has 0 spiro atoms. The Labute approximate surface area is 224 Å². The second-order valence-electron chi connectivity index (χ2n) is 10.1. The van der Waals surface area contributed by atoms with E-state index in [1.54, 1.807) is 12.1 Å². The summed E-state index contributed by atoms with van der Waals surface area (Å²) in [7, 11) is 0. The van der Waals surface area contributed by atoms with Crippen molar-refractivity contribution in [1.82, 2.24) is 14.7 Å². The Morgan fingerprint density at radius 3 is 2.61 bits per heavy atom. The lowest BCUT2D eigenvalue weighted by Crippen LogP contribution is -2.51. The maximum absolute atomic E-state index is 13.5. The average molecular weight is 514 g/mol. The highest BCUT2D eigenvalue weighted by atomic mass is 16.5. The summed E-state index contributed by atoms with van der Waals surface area (Å²) in [5, 5.41) is 0. The zero-order valence-corrected chi connectivity index (χ0v) is 22.1. The van der Waals surface area contributed by atoms with Crippen LogP contribution in [0.4, 0.5) is 0 Å². The van der Waals surface area contributed by atoms with Gasteiger partial charge in [-0.1, -0.05) is 42.0 Å². The highest BCUT2D eigenvalue weighted by molar-refractivity contribution is 5.92. The summed E-state index contributed by atoms with van der Waals surface area (Å²) in [6, 6.07) is 17.4. The lowest BCUT2D eigenvalue weighted by Gasteiger charge is -2.38. The van der Waals surface area contributed by atoms with Gasteiger partial charge in [0, 0.05) is 39.3 Å². The molecular formula is C31H35N3O4. The van der Waals surface area contributed by atoms with Gasteiger partial charge in [0.15, 0.2) is 11.9 Å². The first-order chi connectivity index (χ1) is 18.4. The van der Waals surface area contributed by atoms with Crippen molar-refractivity contribution in [3.8, 4) is 5.75 Å². The quantitative estimate of drug-likeness (QED) is 0.436. The Morgan fingerprint density at radius 1 is 1.08 bits per heavy atom. The molecule has 2 aromatic carbocycles. The lowest BCUT2D eigenvalue weighted by molar-refractivity contribution is -0.139. The number of rotatable bonds is 7. The summed E-state index contributed by atoms with van der Waals surface area (Å²) in [6.45, 7) is 12.1. The van der Waals surface area contributed by atoms with Crippen LogP contribution in [0.25, 0.3) is 0 Å². The van der Waals surface area contributed by atoms with E-state index in [4.69, 9.17) is 9.15 Å². The largest absolute Gasteiger partial charge is 0.481 e. The van der Waals surface area contributed by atoms with Crippen LogP contribution in [-0.2, 0) is 11.2 Å². The van der Waals surface area contributed by atoms with Gasteiger partial charge in [-0.3, -0.25) is 14.5 Å². The standard InChI is InChI=1S/C31H35N3O4/c1-4-13-32-15-17-33(18-16-32)30(35)23(3)38-26-11-10-24-12-14-34(31(36)28-9-6-19-37-28)29(27(24)21-26)25-8-5-7-22(2)20-25/h4-11,19-21,23,29H,1,12-18H2,2-3H3/t23-,29-/m0/s1. The van der Waals surface area contributed by atoms with Crippen molar-refractivity contribution < 1.29 is 18.7 Å². The number of piperazine rings is 1. The number of aryl methyl sites for hydroxylation is 1. The lowest BCUT2D eigenvalue weighted by atomic mass is 9.87. The first-order valence-corrected chi connectivity index (χ1v) is 13.3. The summed E-state index contributed by atoms with van der Waals surface area (Å²) in [5.41, 5.74) is 4.34. The normalized spacial score (nSPS) is 18.5. The van der Waals surface area contributed by atoms with Gasteiger partial charge < -0.3 is 19.0 Å². The van der Waals surface area contributed by atoms with E-state index in [9.17, 15) is 9.59 Å². The second-order valence-corrected chi connectivity index (χ2v) is 10.1. The third-order valence-electron chi connectivity index (χ3n) is 7.43. The van der Waals surface area contributed by atoms with Crippen LogP contribution < -0.4 is 4.74 Å². The summed E-state index contributed by atoms with van der Waals surface area (Å²) < 4.78 is 11.7. The molecule has 1 saturated heterocycles. The molecule has 0 unspecified atom stereocenters. The maximum atomic E-state index is 13.5. The molecule has 3 heterocycles. The molecular weight excluding hydrogens is 478 g/mol. The molecule has 38 heavy (non-hydrogen) atoms. The molecule has 7 nitrogen and oxygen atoms in total. The fourth-order valence-electron chi connectivity index (χ4n) is 5.47. The van der Waals surface area contributed by atoms with Crippen molar-refractivity contribution in [2.24, 2.45) is 0 Å². The number of benzene rings is 2. The van der Waals surface area contributed by atoms with Crippen molar-refractivity contribution in [3.05, 3.63) is 102 Å². The molecule has 2 atom stereocenters. The van der Waals surface area contributed by atoms with E-state index in [0.717, 1.165) is 42.7 Å². The average Bonchev–Trinajstić information content (AvgIpc) is 3.47. The van der Waals surface area contributed by atoms with Crippen molar-refractivity contribution in [2.75, 3.05) is 39.3 Å². The van der Waals surface area contributed by atoms with Crippen LogP contribution in [0.3, 0.4) is 0 Å². The number of carbonyl (C=O) groups excluding carboxylic acids is 2. The molecule has 1 aromatic heterocycles. The fourth-order valence-corrected chi connectivity index (χ4v) is 5.47. The maximum Gasteiger partial charge on any atom is 0.290 e. The molecule has 0 saturated carbocycles. The minimum Gasteiger partial charge on any atom is -0.481 e. The molecule has 0 bridgehead atoms. The van der Waals surface area contributed by atoms with Gasteiger partial charge in [0.1, 0.15) is 5.75 Å². The van der Waals surface area contributed by atoms with Crippen LogP contribution in [0.1, 0.15) is 45.8 Å².